The maximum absolute atomic E-state index is 6.75. The monoisotopic (exact) mass is 285 g/mol. The van der Waals surface area contributed by atoms with Crippen LogP contribution in [0, 0.1) is 6.92 Å². The Balaban J connectivity index is 1.98. The van der Waals surface area contributed by atoms with Gasteiger partial charge in [-0.25, -0.2) is 0 Å². The minimum atomic E-state index is -0.284. The van der Waals surface area contributed by atoms with E-state index in [2.05, 4.69) is 43.3 Å². The number of benzene rings is 2. The molecule has 0 fully saturated rings. The van der Waals surface area contributed by atoms with Gasteiger partial charge in [-0.05, 0) is 60.9 Å². The van der Waals surface area contributed by atoms with Crippen molar-refractivity contribution in [1.82, 2.24) is 0 Å². The van der Waals surface area contributed by atoms with Crippen molar-refractivity contribution in [3.05, 3.63) is 69.7 Å². The number of hydrogen-bond donors (Lipinski definition) is 1. The number of nitrogens with two attached hydrogens (primary N) is 1. The average molecular weight is 286 g/mol. The van der Waals surface area contributed by atoms with Crippen molar-refractivity contribution in [3.8, 4) is 0 Å². The zero-order valence-corrected chi connectivity index (χ0v) is 12.6. The first kappa shape index (κ1) is 13.7. The Hall–Kier alpha value is -1.31. The van der Waals surface area contributed by atoms with E-state index in [4.69, 9.17) is 17.3 Å². The van der Waals surface area contributed by atoms with Gasteiger partial charge in [-0.2, -0.15) is 0 Å². The zero-order valence-electron chi connectivity index (χ0n) is 11.8. The third kappa shape index (κ3) is 2.48. The van der Waals surface area contributed by atoms with Crippen LogP contribution < -0.4 is 5.73 Å². The summed E-state index contributed by atoms with van der Waals surface area (Å²) in [5.74, 6) is 0. The molecule has 0 heterocycles. The summed E-state index contributed by atoms with van der Waals surface area (Å²) in [5.41, 5.74) is 11.5. The highest BCUT2D eigenvalue weighted by atomic mass is 35.5. The normalized spacial score (nSPS) is 21.6. The molecule has 0 radical (unpaired) electrons. The van der Waals surface area contributed by atoms with E-state index >= 15 is 0 Å². The van der Waals surface area contributed by atoms with E-state index in [9.17, 15) is 0 Å². The molecule has 0 saturated carbocycles. The van der Waals surface area contributed by atoms with Gasteiger partial charge in [0, 0.05) is 10.6 Å². The third-order valence-corrected chi connectivity index (χ3v) is 4.69. The molecule has 0 bridgehead atoms. The molecule has 1 atom stereocenters. The lowest BCUT2D eigenvalue weighted by Crippen LogP contribution is -2.42. The molecule has 1 unspecified atom stereocenters. The molecular formula is C18H20ClN. The van der Waals surface area contributed by atoms with E-state index in [0.29, 0.717) is 0 Å². The van der Waals surface area contributed by atoms with Crippen LogP contribution >= 0.6 is 11.6 Å². The lowest BCUT2D eigenvalue weighted by Gasteiger charge is -2.36. The molecule has 0 aromatic heterocycles. The molecule has 1 aliphatic carbocycles. The second-order valence-electron chi connectivity index (χ2n) is 5.94. The quantitative estimate of drug-likeness (QED) is 0.870. The molecule has 2 aromatic rings. The van der Waals surface area contributed by atoms with Crippen molar-refractivity contribution >= 4 is 11.6 Å². The first-order chi connectivity index (χ1) is 9.58. The Kier molecular flexibility index (Phi) is 3.57. The van der Waals surface area contributed by atoms with Gasteiger partial charge in [-0.3, -0.25) is 0 Å². The maximum atomic E-state index is 6.75. The molecule has 104 valence electrons. The van der Waals surface area contributed by atoms with Crippen molar-refractivity contribution in [2.75, 3.05) is 0 Å². The summed E-state index contributed by atoms with van der Waals surface area (Å²) in [6.45, 7) is 2.06. The van der Waals surface area contributed by atoms with Crippen LogP contribution in [0.1, 0.15) is 35.1 Å². The largest absolute Gasteiger partial charge is 0.321 e. The van der Waals surface area contributed by atoms with Crippen LogP contribution in [0.4, 0.5) is 0 Å². The number of aryl methyl sites for hydroxylation is 2. The number of fused-ring (bicyclic) bond motifs is 1. The summed E-state index contributed by atoms with van der Waals surface area (Å²) >= 11 is 6.38. The molecule has 0 aliphatic heterocycles. The fraction of sp³-hybridized carbons (Fsp3) is 0.333. The Morgan fingerprint density at radius 1 is 1.20 bits per heavy atom. The van der Waals surface area contributed by atoms with E-state index in [-0.39, 0.29) is 5.54 Å². The van der Waals surface area contributed by atoms with Gasteiger partial charge in [0.2, 0.25) is 0 Å². The number of hydrogen-bond acceptors (Lipinski definition) is 1. The first-order valence-corrected chi connectivity index (χ1v) is 7.59. The molecule has 3 rings (SSSR count). The molecule has 1 aliphatic rings. The van der Waals surface area contributed by atoms with Gasteiger partial charge in [0.15, 0.2) is 0 Å². The lowest BCUT2D eigenvalue weighted by molar-refractivity contribution is 0.369. The fourth-order valence-electron chi connectivity index (χ4n) is 3.27. The van der Waals surface area contributed by atoms with Gasteiger partial charge < -0.3 is 5.73 Å². The van der Waals surface area contributed by atoms with E-state index in [0.717, 1.165) is 36.3 Å². The highest BCUT2D eigenvalue weighted by molar-refractivity contribution is 6.31. The first-order valence-electron chi connectivity index (χ1n) is 7.21. The zero-order chi connectivity index (χ0) is 14.2. The summed E-state index contributed by atoms with van der Waals surface area (Å²) < 4.78 is 0. The van der Waals surface area contributed by atoms with Crippen LogP contribution in [-0.4, -0.2) is 0 Å². The van der Waals surface area contributed by atoms with Crippen molar-refractivity contribution in [3.63, 3.8) is 0 Å². The smallest absolute Gasteiger partial charge is 0.0453 e. The molecule has 2 aromatic carbocycles. The SMILES string of the molecule is Cc1ccc(CC2(N)CCCc3ccccc32)c(Cl)c1. The van der Waals surface area contributed by atoms with Crippen LogP contribution in [0.3, 0.4) is 0 Å². The Labute approximate surface area is 125 Å². The summed E-state index contributed by atoms with van der Waals surface area (Å²) in [7, 11) is 0. The van der Waals surface area contributed by atoms with Crippen molar-refractivity contribution in [2.45, 2.75) is 38.1 Å². The topological polar surface area (TPSA) is 26.0 Å². The van der Waals surface area contributed by atoms with Gasteiger partial charge in [-0.1, -0.05) is 48.0 Å². The molecule has 0 amide bonds. The Morgan fingerprint density at radius 3 is 2.80 bits per heavy atom. The van der Waals surface area contributed by atoms with Gasteiger partial charge in [0.05, 0.1) is 0 Å². The van der Waals surface area contributed by atoms with Gasteiger partial charge in [0.1, 0.15) is 0 Å². The summed E-state index contributed by atoms with van der Waals surface area (Å²) in [4.78, 5) is 0. The predicted octanol–water partition coefficient (Wildman–Crippen LogP) is 4.38. The van der Waals surface area contributed by atoms with E-state index in [1.54, 1.807) is 0 Å². The molecule has 2 heteroatoms. The van der Waals surface area contributed by atoms with Gasteiger partial charge >= 0.3 is 0 Å². The van der Waals surface area contributed by atoms with Crippen LogP contribution in [0.2, 0.25) is 5.02 Å². The minimum Gasteiger partial charge on any atom is -0.321 e. The minimum absolute atomic E-state index is 0.284. The summed E-state index contributed by atoms with van der Waals surface area (Å²) in [6.07, 6.45) is 4.12. The van der Waals surface area contributed by atoms with Gasteiger partial charge in [-0.15, -0.1) is 0 Å². The Bertz CT molecular complexity index is 635. The highest BCUT2D eigenvalue weighted by Crippen LogP contribution is 2.37. The van der Waals surface area contributed by atoms with Crippen molar-refractivity contribution in [2.24, 2.45) is 5.73 Å². The van der Waals surface area contributed by atoms with Crippen LogP contribution in [-0.2, 0) is 18.4 Å². The number of halogens is 1. The molecule has 0 saturated heterocycles. The van der Waals surface area contributed by atoms with Gasteiger partial charge in [0.25, 0.3) is 0 Å². The molecule has 20 heavy (non-hydrogen) atoms. The fourth-order valence-corrected chi connectivity index (χ4v) is 3.57. The van der Waals surface area contributed by atoms with Crippen LogP contribution in [0.25, 0.3) is 0 Å². The molecule has 1 nitrogen and oxygen atoms in total. The predicted molar refractivity (Wildman–Crippen MR) is 85.1 cm³/mol. The van der Waals surface area contributed by atoms with Crippen molar-refractivity contribution in [1.29, 1.82) is 0 Å². The van der Waals surface area contributed by atoms with E-state index in [1.807, 2.05) is 6.07 Å². The molecule has 0 spiro atoms. The van der Waals surface area contributed by atoms with E-state index < -0.39 is 0 Å². The third-order valence-electron chi connectivity index (χ3n) is 4.34. The van der Waals surface area contributed by atoms with Crippen LogP contribution in [0.5, 0.6) is 0 Å². The Morgan fingerprint density at radius 2 is 2.00 bits per heavy atom. The summed E-state index contributed by atoms with van der Waals surface area (Å²) in [6, 6.07) is 14.8. The standard InChI is InChI=1S/C18H20ClN/c1-13-8-9-15(17(19)11-13)12-18(20)10-4-6-14-5-2-3-7-16(14)18/h2-3,5,7-9,11H,4,6,10,12,20H2,1H3. The highest BCUT2D eigenvalue weighted by Gasteiger charge is 2.32. The average Bonchev–Trinajstić information content (AvgIpc) is 2.43. The summed E-state index contributed by atoms with van der Waals surface area (Å²) in [5, 5.41) is 0.831. The van der Waals surface area contributed by atoms with E-state index in [1.165, 1.54) is 16.7 Å². The maximum Gasteiger partial charge on any atom is 0.0453 e. The second kappa shape index (κ2) is 5.23. The second-order valence-corrected chi connectivity index (χ2v) is 6.35. The van der Waals surface area contributed by atoms with Crippen molar-refractivity contribution < 1.29 is 0 Å². The molecule has 2 N–H and O–H groups in total. The molecular weight excluding hydrogens is 266 g/mol. The lowest BCUT2D eigenvalue weighted by atomic mass is 9.74. The number of rotatable bonds is 2. The van der Waals surface area contributed by atoms with Crippen LogP contribution in [0.15, 0.2) is 42.5 Å².